The van der Waals surface area contributed by atoms with Crippen molar-refractivity contribution < 1.29 is 18.7 Å². The van der Waals surface area contributed by atoms with Gasteiger partial charge in [-0.05, 0) is 61.4 Å². The number of furan rings is 1. The molecule has 0 aliphatic carbocycles. The monoisotopic (exact) mass is 447 g/mol. The van der Waals surface area contributed by atoms with Gasteiger partial charge in [-0.2, -0.15) is 0 Å². The van der Waals surface area contributed by atoms with Crippen LogP contribution in [0.5, 0.6) is 11.5 Å². The first-order chi connectivity index (χ1) is 15.9. The Labute approximate surface area is 196 Å². The van der Waals surface area contributed by atoms with E-state index < -0.39 is 0 Å². The van der Waals surface area contributed by atoms with Gasteiger partial charge in [0.05, 0.1) is 20.0 Å². The summed E-state index contributed by atoms with van der Waals surface area (Å²) in [7, 11) is 1.64. The van der Waals surface area contributed by atoms with Crippen molar-refractivity contribution in [2.45, 2.75) is 34.1 Å². The smallest absolute Gasteiger partial charge is 0.246 e. The number of fused-ring (bicyclic) bond motifs is 1. The lowest BCUT2D eigenvalue weighted by atomic mass is 9.91. The zero-order valence-corrected chi connectivity index (χ0v) is 20.2. The number of carbonyl (C=O) groups excluding carboxylic acids is 1. The van der Waals surface area contributed by atoms with Gasteiger partial charge in [-0.1, -0.05) is 26.0 Å². The van der Waals surface area contributed by atoms with E-state index >= 15 is 0 Å². The number of hydrogen-bond donors (Lipinski definition) is 0. The van der Waals surface area contributed by atoms with Gasteiger partial charge in [0, 0.05) is 41.7 Å². The highest BCUT2D eigenvalue weighted by molar-refractivity contribution is 6.00. The molecule has 3 aromatic rings. The molecule has 1 amide bonds. The molecule has 5 heteroatoms. The lowest BCUT2D eigenvalue weighted by Crippen LogP contribution is -2.41. The maximum absolute atomic E-state index is 13.0. The van der Waals surface area contributed by atoms with Crippen molar-refractivity contribution in [2.75, 3.05) is 26.8 Å². The first-order valence-corrected chi connectivity index (χ1v) is 11.7. The fourth-order valence-electron chi connectivity index (χ4n) is 4.85. The summed E-state index contributed by atoms with van der Waals surface area (Å²) in [5.74, 6) is 2.65. The Balaban J connectivity index is 1.68. The Morgan fingerprint density at radius 3 is 2.48 bits per heavy atom. The van der Waals surface area contributed by atoms with Crippen molar-refractivity contribution >= 4 is 22.4 Å². The van der Waals surface area contributed by atoms with Crippen LogP contribution in [-0.4, -0.2) is 37.6 Å². The van der Waals surface area contributed by atoms with Gasteiger partial charge in [-0.3, -0.25) is 4.79 Å². The van der Waals surface area contributed by atoms with Crippen LogP contribution in [0.25, 0.3) is 27.7 Å². The molecule has 33 heavy (non-hydrogen) atoms. The number of nitrogens with zero attached hydrogens (tertiary/aromatic N) is 1. The van der Waals surface area contributed by atoms with Gasteiger partial charge >= 0.3 is 0 Å². The van der Waals surface area contributed by atoms with E-state index in [1.807, 2.05) is 49.1 Å². The van der Waals surface area contributed by atoms with Crippen LogP contribution in [0.1, 0.15) is 39.7 Å². The van der Waals surface area contributed by atoms with Gasteiger partial charge < -0.3 is 18.8 Å². The van der Waals surface area contributed by atoms with Crippen molar-refractivity contribution in [3.63, 3.8) is 0 Å². The third-order valence-electron chi connectivity index (χ3n) is 6.32. The molecule has 0 saturated carbocycles. The highest BCUT2D eigenvalue weighted by Gasteiger charge is 2.25. The van der Waals surface area contributed by atoms with Crippen LogP contribution in [-0.2, 0) is 4.79 Å². The lowest BCUT2D eigenvalue weighted by molar-refractivity contribution is -0.128. The molecule has 0 spiro atoms. The standard InChI is InChI=1S/C28H33NO4/c1-6-32-22-9-7-21(8-10-22)25-17-33-27-14-26(31-5)23(13-24(25)27)20(4)12-28(30)29-15-18(2)11-19(3)16-29/h7-10,12-14,17-19H,6,11,15-16H2,1-5H3/b20-12+. The summed E-state index contributed by atoms with van der Waals surface area (Å²) in [5.41, 5.74) is 4.56. The molecular formula is C28H33NO4. The summed E-state index contributed by atoms with van der Waals surface area (Å²) in [6.07, 6.45) is 4.68. The highest BCUT2D eigenvalue weighted by atomic mass is 16.5. The summed E-state index contributed by atoms with van der Waals surface area (Å²) in [5, 5.41) is 0.982. The van der Waals surface area contributed by atoms with Crippen LogP contribution in [0.3, 0.4) is 0 Å². The first kappa shape index (κ1) is 23.0. The molecule has 1 aliphatic heterocycles. The van der Waals surface area contributed by atoms with Crippen LogP contribution in [0.15, 0.2) is 53.2 Å². The van der Waals surface area contributed by atoms with Crippen LogP contribution < -0.4 is 9.47 Å². The average molecular weight is 448 g/mol. The minimum absolute atomic E-state index is 0.0620. The van der Waals surface area contributed by atoms with Gasteiger partial charge in [-0.25, -0.2) is 0 Å². The van der Waals surface area contributed by atoms with Gasteiger partial charge in [0.2, 0.25) is 5.91 Å². The van der Waals surface area contributed by atoms with E-state index in [1.165, 1.54) is 6.42 Å². The summed E-state index contributed by atoms with van der Waals surface area (Å²) in [6.45, 7) is 10.6. The molecule has 1 fully saturated rings. The molecule has 1 saturated heterocycles. The van der Waals surface area contributed by atoms with Crippen LogP contribution in [0.2, 0.25) is 0 Å². The number of carbonyl (C=O) groups is 1. The van der Waals surface area contributed by atoms with E-state index in [9.17, 15) is 4.79 Å². The van der Waals surface area contributed by atoms with Crippen molar-refractivity contribution in [3.05, 3.63) is 54.3 Å². The molecule has 0 radical (unpaired) electrons. The fourth-order valence-corrected chi connectivity index (χ4v) is 4.85. The Kier molecular flexibility index (Phi) is 6.77. The van der Waals surface area contributed by atoms with E-state index in [2.05, 4.69) is 19.9 Å². The zero-order valence-electron chi connectivity index (χ0n) is 20.2. The second kappa shape index (κ2) is 9.74. The number of allylic oxidation sites excluding steroid dienone is 1. The van der Waals surface area contributed by atoms with Crippen LogP contribution >= 0.6 is 0 Å². The summed E-state index contributed by atoms with van der Waals surface area (Å²) < 4.78 is 17.1. The second-order valence-electron chi connectivity index (χ2n) is 9.17. The maximum Gasteiger partial charge on any atom is 0.246 e. The number of hydrogen-bond acceptors (Lipinski definition) is 4. The number of likely N-dealkylation sites (tertiary alicyclic amines) is 1. The van der Waals surface area contributed by atoms with Crippen molar-refractivity contribution in [3.8, 4) is 22.6 Å². The van der Waals surface area contributed by atoms with E-state index in [-0.39, 0.29) is 5.91 Å². The second-order valence-corrected chi connectivity index (χ2v) is 9.17. The normalized spacial score (nSPS) is 19.1. The molecule has 0 N–H and O–H groups in total. The van der Waals surface area contributed by atoms with Crippen molar-refractivity contribution in [1.29, 1.82) is 0 Å². The molecule has 1 aliphatic rings. The topological polar surface area (TPSA) is 51.9 Å². The van der Waals surface area contributed by atoms with E-state index in [0.29, 0.717) is 24.2 Å². The molecule has 2 atom stereocenters. The van der Waals surface area contributed by atoms with E-state index in [0.717, 1.165) is 52.1 Å². The van der Waals surface area contributed by atoms with Gasteiger partial charge in [0.25, 0.3) is 0 Å². The molecule has 5 nitrogen and oxygen atoms in total. The molecule has 2 aromatic carbocycles. The predicted octanol–water partition coefficient (Wildman–Crippen LogP) is 6.41. The summed E-state index contributed by atoms with van der Waals surface area (Å²) in [6, 6.07) is 12.0. The van der Waals surface area contributed by atoms with E-state index in [4.69, 9.17) is 13.9 Å². The predicted molar refractivity (Wildman–Crippen MR) is 133 cm³/mol. The zero-order chi connectivity index (χ0) is 23.5. The Hall–Kier alpha value is -3.21. The first-order valence-electron chi connectivity index (χ1n) is 11.7. The fraction of sp³-hybridized carbons (Fsp3) is 0.393. The average Bonchev–Trinajstić information content (AvgIpc) is 3.21. The number of benzene rings is 2. The van der Waals surface area contributed by atoms with Gasteiger partial charge in [0.15, 0.2) is 0 Å². The number of ether oxygens (including phenoxy) is 2. The SMILES string of the molecule is CCOc1ccc(-c2coc3cc(OC)c(/C(C)=C/C(=O)N4CC(C)CC(C)C4)cc23)cc1. The molecule has 2 unspecified atom stereocenters. The van der Waals surface area contributed by atoms with Gasteiger partial charge in [-0.15, -0.1) is 0 Å². The molecule has 0 bridgehead atoms. The van der Waals surface area contributed by atoms with E-state index in [1.54, 1.807) is 19.4 Å². The number of amides is 1. The molecular weight excluding hydrogens is 414 g/mol. The minimum atomic E-state index is 0.0620. The highest BCUT2D eigenvalue weighted by Crippen LogP contribution is 2.38. The number of piperidine rings is 1. The van der Waals surface area contributed by atoms with Crippen molar-refractivity contribution in [1.82, 2.24) is 4.90 Å². The Morgan fingerprint density at radius 1 is 1.15 bits per heavy atom. The summed E-state index contributed by atoms with van der Waals surface area (Å²) >= 11 is 0. The summed E-state index contributed by atoms with van der Waals surface area (Å²) in [4.78, 5) is 15.0. The Morgan fingerprint density at radius 2 is 1.85 bits per heavy atom. The van der Waals surface area contributed by atoms with Gasteiger partial charge in [0.1, 0.15) is 17.1 Å². The molecule has 4 rings (SSSR count). The number of methoxy groups -OCH3 is 1. The molecule has 174 valence electrons. The van der Waals surface area contributed by atoms with Crippen LogP contribution in [0, 0.1) is 11.8 Å². The quantitative estimate of drug-likeness (QED) is 0.410. The van der Waals surface area contributed by atoms with Crippen LogP contribution in [0.4, 0.5) is 0 Å². The third kappa shape index (κ3) is 4.92. The van der Waals surface area contributed by atoms with Crippen molar-refractivity contribution in [2.24, 2.45) is 11.8 Å². The Bertz CT molecular complexity index is 1150. The minimum Gasteiger partial charge on any atom is -0.496 e. The molecule has 2 heterocycles. The number of rotatable bonds is 6. The maximum atomic E-state index is 13.0. The lowest BCUT2D eigenvalue weighted by Gasteiger charge is -2.34. The largest absolute Gasteiger partial charge is 0.496 e. The third-order valence-corrected chi connectivity index (χ3v) is 6.32. The molecule has 1 aromatic heterocycles.